The summed E-state index contributed by atoms with van der Waals surface area (Å²) in [6.45, 7) is 0. The summed E-state index contributed by atoms with van der Waals surface area (Å²) in [4.78, 5) is 10.1. The van der Waals surface area contributed by atoms with Crippen molar-refractivity contribution in [1.82, 2.24) is 0 Å². The molecule has 0 bridgehead atoms. The highest BCUT2D eigenvalue weighted by Gasteiger charge is 2.09. The van der Waals surface area contributed by atoms with Gasteiger partial charge in [0.25, 0.3) is 0 Å². The fourth-order valence-electron chi connectivity index (χ4n) is 0.391. The van der Waals surface area contributed by atoms with E-state index < -0.39 is 0 Å². The Morgan fingerprint density at radius 3 is 2.71 bits per heavy atom. The first-order chi connectivity index (χ1) is 3.29. The van der Waals surface area contributed by atoms with Gasteiger partial charge in [-0.3, -0.25) is 4.79 Å². The van der Waals surface area contributed by atoms with Crippen molar-refractivity contribution in [2.75, 3.05) is 0 Å². The molecule has 1 aliphatic heterocycles. The third-order valence-corrected chi connectivity index (χ3v) is 0.690. The Hall–Kier alpha value is -0.990. The van der Waals surface area contributed by atoms with Gasteiger partial charge in [0.1, 0.15) is 6.26 Å². The number of carbonyl (C=O) groups excluding carboxylic acids is 1. The zero-order chi connectivity index (χ0) is 5.28. The van der Waals surface area contributed by atoms with Crippen molar-refractivity contribution in [3.8, 4) is 0 Å². The monoisotopic (exact) mass is 99.0 g/mol. The molecule has 0 atom stereocenters. The van der Waals surface area contributed by atoms with E-state index >= 15 is 0 Å². The summed E-state index contributed by atoms with van der Waals surface area (Å²) in [5.74, 6) is -0.266. The molecular weight excluding hydrogens is 94.0 g/mol. The van der Waals surface area contributed by atoms with E-state index in [0.717, 1.165) is 0 Å². The lowest BCUT2D eigenvalue weighted by Gasteiger charge is -1.79. The number of carbonyl (C=O) groups is 1. The Labute approximate surface area is 40.8 Å². The molecule has 0 unspecified atom stereocenters. The second-order valence-electron chi connectivity index (χ2n) is 1.36. The second-order valence-corrected chi connectivity index (χ2v) is 1.36. The van der Waals surface area contributed by atoms with Crippen LogP contribution in [0.2, 0.25) is 0 Å². The molecule has 2 N–H and O–H groups in total. The van der Waals surface area contributed by atoms with Gasteiger partial charge in [-0.2, -0.15) is 0 Å². The Morgan fingerprint density at radius 1 is 1.86 bits per heavy atom. The smallest absolute Gasteiger partial charge is 0.316 e. The zero-order valence-electron chi connectivity index (χ0n) is 3.68. The van der Waals surface area contributed by atoms with Crippen LogP contribution in [0.5, 0.6) is 0 Å². The molecule has 0 aromatic carbocycles. The van der Waals surface area contributed by atoms with Crippen molar-refractivity contribution >= 4 is 5.97 Å². The van der Waals surface area contributed by atoms with E-state index in [1.807, 2.05) is 0 Å². The lowest BCUT2D eigenvalue weighted by molar-refractivity contribution is -0.135. The van der Waals surface area contributed by atoms with Crippen LogP contribution in [-0.2, 0) is 9.53 Å². The van der Waals surface area contributed by atoms with Crippen molar-refractivity contribution in [2.45, 2.75) is 6.42 Å². The van der Waals surface area contributed by atoms with E-state index in [4.69, 9.17) is 5.73 Å². The number of esters is 1. The molecule has 0 saturated carbocycles. The SMILES string of the molecule is NC1=COC(=O)C1. The third-order valence-electron chi connectivity index (χ3n) is 0.690. The highest BCUT2D eigenvalue weighted by Crippen LogP contribution is 2.03. The Kier molecular flexibility index (Phi) is 0.749. The second kappa shape index (κ2) is 1.26. The average Bonchev–Trinajstić information content (AvgIpc) is 1.87. The van der Waals surface area contributed by atoms with Gasteiger partial charge in [0.05, 0.1) is 12.1 Å². The summed E-state index contributed by atoms with van der Waals surface area (Å²) in [6.07, 6.45) is 1.52. The van der Waals surface area contributed by atoms with Crippen LogP contribution in [0.25, 0.3) is 0 Å². The van der Waals surface area contributed by atoms with Crippen LogP contribution in [0, 0.1) is 0 Å². The van der Waals surface area contributed by atoms with Gasteiger partial charge < -0.3 is 10.5 Å². The summed E-state index contributed by atoms with van der Waals surface area (Å²) < 4.78 is 4.34. The number of nitrogens with two attached hydrogens (primary N) is 1. The van der Waals surface area contributed by atoms with Gasteiger partial charge in [0, 0.05) is 0 Å². The van der Waals surface area contributed by atoms with E-state index in [9.17, 15) is 4.79 Å². The normalized spacial score (nSPS) is 18.9. The summed E-state index contributed by atoms with van der Waals surface area (Å²) in [6, 6.07) is 0. The van der Waals surface area contributed by atoms with E-state index in [1.165, 1.54) is 6.26 Å². The van der Waals surface area contributed by atoms with E-state index in [0.29, 0.717) is 5.70 Å². The molecule has 0 saturated heterocycles. The molecule has 3 nitrogen and oxygen atoms in total. The average molecular weight is 99.1 g/mol. The molecule has 0 amide bonds. The molecule has 0 aromatic rings. The van der Waals surface area contributed by atoms with Crippen LogP contribution in [0.1, 0.15) is 6.42 Å². The number of rotatable bonds is 0. The largest absolute Gasteiger partial charge is 0.432 e. The van der Waals surface area contributed by atoms with Gasteiger partial charge in [-0.1, -0.05) is 0 Å². The first-order valence-electron chi connectivity index (χ1n) is 1.93. The third kappa shape index (κ3) is 0.707. The minimum atomic E-state index is -0.266. The van der Waals surface area contributed by atoms with Crippen LogP contribution in [0.15, 0.2) is 12.0 Å². The molecule has 1 aliphatic rings. The first kappa shape index (κ1) is 4.18. The standard InChI is InChI=1S/C4H5NO2/c5-3-1-4(6)7-2-3/h2H,1,5H2. The minimum Gasteiger partial charge on any atom is -0.432 e. The van der Waals surface area contributed by atoms with Gasteiger partial charge >= 0.3 is 5.97 Å². The zero-order valence-corrected chi connectivity index (χ0v) is 3.68. The molecule has 0 radical (unpaired) electrons. The number of cyclic esters (lactones) is 1. The molecule has 0 spiro atoms. The van der Waals surface area contributed by atoms with Crippen LogP contribution < -0.4 is 5.73 Å². The topological polar surface area (TPSA) is 52.3 Å². The fraction of sp³-hybridized carbons (Fsp3) is 0.250. The predicted octanol–water partition coefficient (Wildman–Crippen LogP) is -0.267. The van der Waals surface area contributed by atoms with Crippen LogP contribution in [0.4, 0.5) is 0 Å². The molecular formula is C4H5NO2. The maximum atomic E-state index is 10.1. The molecule has 3 heteroatoms. The van der Waals surface area contributed by atoms with E-state index in [1.54, 1.807) is 0 Å². The molecule has 1 rings (SSSR count). The van der Waals surface area contributed by atoms with Gasteiger partial charge in [0.15, 0.2) is 0 Å². The quantitative estimate of drug-likeness (QED) is 0.425. The molecule has 1 heterocycles. The Morgan fingerprint density at radius 2 is 2.57 bits per heavy atom. The molecule has 0 aliphatic carbocycles. The predicted molar refractivity (Wildman–Crippen MR) is 23.0 cm³/mol. The summed E-state index contributed by atoms with van der Waals surface area (Å²) in [5.41, 5.74) is 5.65. The van der Waals surface area contributed by atoms with Crippen LogP contribution in [0.3, 0.4) is 0 Å². The van der Waals surface area contributed by atoms with Crippen molar-refractivity contribution in [2.24, 2.45) is 5.73 Å². The summed E-state index contributed by atoms with van der Waals surface area (Å²) >= 11 is 0. The van der Waals surface area contributed by atoms with Gasteiger partial charge in [0.2, 0.25) is 0 Å². The summed E-state index contributed by atoms with van der Waals surface area (Å²) in [7, 11) is 0. The van der Waals surface area contributed by atoms with Crippen LogP contribution >= 0.6 is 0 Å². The maximum absolute atomic E-state index is 10.1. The summed E-state index contributed by atoms with van der Waals surface area (Å²) in [5, 5.41) is 0. The van der Waals surface area contributed by atoms with E-state index in [-0.39, 0.29) is 12.4 Å². The van der Waals surface area contributed by atoms with Gasteiger partial charge in [-0.25, -0.2) is 0 Å². The van der Waals surface area contributed by atoms with Crippen molar-refractivity contribution < 1.29 is 9.53 Å². The molecule has 7 heavy (non-hydrogen) atoms. The maximum Gasteiger partial charge on any atom is 0.316 e. The minimum absolute atomic E-state index is 0.250. The van der Waals surface area contributed by atoms with Gasteiger partial charge in [-0.15, -0.1) is 0 Å². The number of hydrogen-bond acceptors (Lipinski definition) is 3. The Balaban J connectivity index is 2.58. The number of ether oxygens (including phenoxy) is 1. The van der Waals surface area contributed by atoms with Crippen LogP contribution in [-0.4, -0.2) is 5.97 Å². The molecule has 0 aromatic heterocycles. The first-order valence-corrected chi connectivity index (χ1v) is 1.93. The molecule has 38 valence electrons. The lowest BCUT2D eigenvalue weighted by Crippen LogP contribution is -1.96. The van der Waals surface area contributed by atoms with E-state index in [2.05, 4.69) is 4.74 Å². The Bertz CT molecular complexity index is 128. The number of hydrogen-bond donors (Lipinski definition) is 1. The lowest BCUT2D eigenvalue weighted by atomic mass is 10.4. The van der Waals surface area contributed by atoms with Crippen molar-refractivity contribution in [1.29, 1.82) is 0 Å². The highest BCUT2D eigenvalue weighted by molar-refractivity contribution is 5.75. The van der Waals surface area contributed by atoms with Crippen molar-refractivity contribution in [3.05, 3.63) is 12.0 Å². The highest BCUT2D eigenvalue weighted by atomic mass is 16.5. The fourth-order valence-corrected chi connectivity index (χ4v) is 0.391. The van der Waals surface area contributed by atoms with Gasteiger partial charge in [-0.05, 0) is 0 Å². The van der Waals surface area contributed by atoms with Crippen molar-refractivity contribution in [3.63, 3.8) is 0 Å². The molecule has 0 fully saturated rings.